The van der Waals surface area contributed by atoms with Crippen molar-refractivity contribution < 1.29 is 0 Å². The van der Waals surface area contributed by atoms with Gasteiger partial charge in [0.1, 0.15) is 0 Å². The first-order valence-corrected chi connectivity index (χ1v) is 8.95. The van der Waals surface area contributed by atoms with Crippen LogP contribution < -0.4 is 5.56 Å². The van der Waals surface area contributed by atoms with Crippen LogP contribution in [0.25, 0.3) is 4.85 Å². The number of benzene rings is 1. The van der Waals surface area contributed by atoms with E-state index in [4.69, 9.17) is 6.57 Å². The highest BCUT2D eigenvalue weighted by Gasteiger charge is 2.23. The van der Waals surface area contributed by atoms with Crippen LogP contribution >= 0.6 is 11.8 Å². The Balaban J connectivity index is 1.85. The Bertz CT molecular complexity index is 758. The van der Waals surface area contributed by atoms with Crippen LogP contribution in [0, 0.1) is 6.57 Å². The third kappa shape index (κ3) is 3.83. The second kappa shape index (κ2) is 7.47. The van der Waals surface area contributed by atoms with E-state index in [9.17, 15) is 4.79 Å². The fourth-order valence-corrected chi connectivity index (χ4v) is 3.85. The van der Waals surface area contributed by atoms with Gasteiger partial charge in [-0.2, -0.15) is 0 Å². The van der Waals surface area contributed by atoms with Crippen molar-refractivity contribution >= 4 is 17.4 Å². The topological polar surface area (TPSA) is 50.1 Å². The van der Waals surface area contributed by atoms with E-state index in [1.165, 1.54) is 23.7 Å². The van der Waals surface area contributed by atoms with E-state index in [0.29, 0.717) is 10.9 Å². The van der Waals surface area contributed by atoms with Gasteiger partial charge in [-0.3, -0.25) is 4.79 Å². The summed E-state index contributed by atoms with van der Waals surface area (Å²) in [6.45, 7) is 7.31. The summed E-state index contributed by atoms with van der Waals surface area (Å²) < 4.78 is 0. The number of nitrogens with one attached hydrogen (secondary N) is 1. The average molecular weight is 325 g/mol. The Morgan fingerprint density at radius 3 is 2.65 bits per heavy atom. The quantitative estimate of drug-likeness (QED) is 0.505. The number of rotatable bonds is 4. The number of hydrogen-bond acceptors (Lipinski definition) is 3. The summed E-state index contributed by atoms with van der Waals surface area (Å²) in [5.74, 6) is 1.01. The molecule has 1 heterocycles. The number of thioether (sulfide) groups is 1. The van der Waals surface area contributed by atoms with E-state index in [1.807, 2.05) is 18.2 Å². The lowest BCUT2D eigenvalue weighted by Crippen LogP contribution is -2.15. The van der Waals surface area contributed by atoms with Gasteiger partial charge in [0.25, 0.3) is 11.2 Å². The molecule has 3 rings (SSSR count). The van der Waals surface area contributed by atoms with E-state index >= 15 is 0 Å². The van der Waals surface area contributed by atoms with Gasteiger partial charge in [0.15, 0.2) is 5.16 Å². The Morgan fingerprint density at radius 1 is 1.22 bits per heavy atom. The molecular weight excluding hydrogens is 306 g/mol. The van der Waals surface area contributed by atoms with E-state index in [-0.39, 0.29) is 17.2 Å². The summed E-state index contributed by atoms with van der Waals surface area (Å²) in [6.07, 6.45) is 5.61. The summed E-state index contributed by atoms with van der Waals surface area (Å²) >= 11 is 1.52. The molecule has 0 spiro atoms. The molecular formula is C18H19N3OS. The molecule has 0 atom stereocenters. The molecule has 0 saturated heterocycles. The van der Waals surface area contributed by atoms with Crippen LogP contribution in [0.5, 0.6) is 0 Å². The lowest BCUT2D eigenvalue weighted by atomic mass is 9.86. The minimum atomic E-state index is -0.300. The lowest BCUT2D eigenvalue weighted by Gasteiger charge is -2.22. The maximum absolute atomic E-state index is 12.2. The molecule has 4 nitrogen and oxygen atoms in total. The predicted molar refractivity (Wildman–Crippen MR) is 92.9 cm³/mol. The maximum Gasteiger partial charge on any atom is 0.271 e. The van der Waals surface area contributed by atoms with Crippen LogP contribution in [0.15, 0.2) is 40.3 Å². The number of aromatic nitrogens is 2. The van der Waals surface area contributed by atoms with Crippen molar-refractivity contribution in [3.8, 4) is 0 Å². The van der Waals surface area contributed by atoms with Gasteiger partial charge in [-0.05, 0) is 24.3 Å². The second-order valence-electron chi connectivity index (χ2n) is 5.83. The zero-order valence-corrected chi connectivity index (χ0v) is 13.7. The van der Waals surface area contributed by atoms with Crippen LogP contribution in [0.3, 0.4) is 0 Å². The average Bonchev–Trinajstić information content (AvgIpc) is 2.61. The summed E-state index contributed by atoms with van der Waals surface area (Å²) in [5.41, 5.74) is 1.78. The molecule has 1 aliphatic rings. The highest BCUT2D eigenvalue weighted by molar-refractivity contribution is 7.98. The van der Waals surface area contributed by atoms with E-state index in [1.54, 1.807) is 0 Å². The maximum atomic E-state index is 12.2. The van der Waals surface area contributed by atoms with Crippen LogP contribution in [-0.2, 0) is 5.75 Å². The zero-order valence-electron chi connectivity index (χ0n) is 12.9. The third-order valence-corrected chi connectivity index (χ3v) is 5.17. The SMILES string of the molecule is [C-]#[N+]c1c(C2CCCCC2)nc(SCc2ccccc2)[nH]c1=O. The van der Waals surface area contributed by atoms with Gasteiger partial charge in [0, 0.05) is 5.75 Å². The molecule has 1 fully saturated rings. The normalized spacial score (nSPS) is 15.3. The van der Waals surface area contributed by atoms with Gasteiger partial charge >= 0.3 is 0 Å². The van der Waals surface area contributed by atoms with Crippen molar-refractivity contribution in [1.82, 2.24) is 9.97 Å². The molecule has 118 valence electrons. The minimum Gasteiger partial charge on any atom is -0.311 e. The van der Waals surface area contributed by atoms with Gasteiger partial charge in [-0.15, -0.1) is 0 Å². The van der Waals surface area contributed by atoms with Crippen LogP contribution in [0.1, 0.15) is 49.3 Å². The van der Waals surface area contributed by atoms with Gasteiger partial charge < -0.3 is 4.98 Å². The molecule has 0 amide bonds. The number of aromatic amines is 1. The van der Waals surface area contributed by atoms with Crippen molar-refractivity contribution in [2.75, 3.05) is 0 Å². The van der Waals surface area contributed by atoms with Crippen LogP contribution in [-0.4, -0.2) is 9.97 Å². The van der Waals surface area contributed by atoms with Crippen molar-refractivity contribution in [2.45, 2.75) is 48.9 Å². The molecule has 1 aromatic heterocycles. The van der Waals surface area contributed by atoms with Gasteiger partial charge in [-0.25, -0.2) is 9.83 Å². The Morgan fingerprint density at radius 2 is 1.96 bits per heavy atom. The minimum absolute atomic E-state index is 0.181. The van der Waals surface area contributed by atoms with Crippen LogP contribution in [0.4, 0.5) is 5.69 Å². The zero-order chi connectivity index (χ0) is 16.1. The molecule has 1 aliphatic carbocycles. The smallest absolute Gasteiger partial charge is 0.271 e. The van der Waals surface area contributed by atoms with E-state index in [0.717, 1.165) is 31.4 Å². The fourth-order valence-electron chi connectivity index (χ4n) is 3.03. The summed E-state index contributed by atoms with van der Waals surface area (Å²) in [5, 5.41) is 0.617. The fraction of sp³-hybridized carbons (Fsp3) is 0.389. The van der Waals surface area contributed by atoms with Gasteiger partial charge in [0.05, 0.1) is 12.3 Å². The first-order valence-electron chi connectivity index (χ1n) is 7.96. The Hall–Kier alpha value is -2.06. The molecule has 0 unspecified atom stereocenters. The number of H-pyrrole nitrogens is 1. The lowest BCUT2D eigenvalue weighted by molar-refractivity contribution is 0.435. The summed E-state index contributed by atoms with van der Waals surface area (Å²) in [6, 6.07) is 10.1. The Kier molecular flexibility index (Phi) is 5.14. The van der Waals surface area contributed by atoms with Crippen molar-refractivity contribution in [3.05, 3.63) is 63.4 Å². The molecule has 2 aromatic rings. The highest BCUT2D eigenvalue weighted by atomic mass is 32.2. The molecule has 1 N–H and O–H groups in total. The first-order chi connectivity index (χ1) is 11.3. The molecule has 23 heavy (non-hydrogen) atoms. The van der Waals surface area contributed by atoms with Gasteiger partial charge in [0.2, 0.25) is 0 Å². The monoisotopic (exact) mass is 325 g/mol. The molecule has 1 saturated carbocycles. The predicted octanol–water partition coefficient (Wildman–Crippen LogP) is 4.66. The number of hydrogen-bond donors (Lipinski definition) is 1. The second-order valence-corrected chi connectivity index (χ2v) is 6.79. The largest absolute Gasteiger partial charge is 0.311 e. The summed E-state index contributed by atoms with van der Waals surface area (Å²) in [4.78, 5) is 23.1. The molecule has 0 aliphatic heterocycles. The van der Waals surface area contributed by atoms with Gasteiger partial charge in [-0.1, -0.05) is 61.4 Å². The molecule has 0 radical (unpaired) electrons. The highest BCUT2D eigenvalue weighted by Crippen LogP contribution is 2.35. The van der Waals surface area contributed by atoms with Crippen molar-refractivity contribution in [3.63, 3.8) is 0 Å². The molecule has 0 bridgehead atoms. The third-order valence-electron chi connectivity index (χ3n) is 4.22. The first kappa shape index (κ1) is 15.8. The summed E-state index contributed by atoms with van der Waals surface area (Å²) in [7, 11) is 0. The van der Waals surface area contributed by atoms with E-state index in [2.05, 4.69) is 26.9 Å². The Labute approximate surface area is 140 Å². The standard InChI is InChI=1S/C18H19N3OS/c1-19-16-15(14-10-6-3-7-11-14)20-18(21-17(16)22)23-12-13-8-4-2-5-9-13/h2,4-5,8-9,14H,3,6-7,10-12H2,(H,20,21,22). The number of nitrogens with zero attached hydrogens (tertiary/aromatic N) is 2. The van der Waals surface area contributed by atoms with Crippen molar-refractivity contribution in [1.29, 1.82) is 0 Å². The molecule has 5 heteroatoms. The van der Waals surface area contributed by atoms with Crippen LogP contribution in [0.2, 0.25) is 0 Å². The van der Waals surface area contributed by atoms with Crippen molar-refractivity contribution in [2.24, 2.45) is 0 Å². The molecule has 1 aromatic carbocycles. The van der Waals surface area contributed by atoms with E-state index < -0.39 is 0 Å².